The van der Waals surface area contributed by atoms with Crippen molar-refractivity contribution in [3.05, 3.63) is 41.2 Å². The molecule has 2 aromatic heterocycles. The van der Waals surface area contributed by atoms with E-state index in [0.29, 0.717) is 25.1 Å². The standard InChI is InChI=1S/C22H28N4O3/c1-6-11-23-22(27)10-9-17-14(2)24-21-13-19(25-26(21)15(17)3)18-8-7-16(28-4)12-20(18)29-5/h7-8,12-13H,6,9-11H2,1-5H3,(H,23,27). The summed E-state index contributed by atoms with van der Waals surface area (Å²) in [7, 11) is 3.25. The van der Waals surface area contributed by atoms with E-state index in [0.717, 1.165) is 46.0 Å². The first-order valence-electron chi connectivity index (χ1n) is 9.83. The predicted molar refractivity (Wildman–Crippen MR) is 113 cm³/mol. The largest absolute Gasteiger partial charge is 0.497 e. The van der Waals surface area contributed by atoms with Gasteiger partial charge in [-0.05, 0) is 44.4 Å². The van der Waals surface area contributed by atoms with E-state index >= 15 is 0 Å². The van der Waals surface area contributed by atoms with Crippen LogP contribution in [-0.4, -0.2) is 41.3 Å². The second-order valence-electron chi connectivity index (χ2n) is 6.98. The Balaban J connectivity index is 1.95. The fourth-order valence-corrected chi connectivity index (χ4v) is 3.42. The third-order valence-electron chi connectivity index (χ3n) is 5.02. The maximum absolute atomic E-state index is 12.0. The molecule has 0 radical (unpaired) electrons. The first kappa shape index (κ1) is 20.6. The van der Waals surface area contributed by atoms with Crippen molar-refractivity contribution in [1.29, 1.82) is 0 Å². The molecule has 3 aromatic rings. The molecule has 0 atom stereocenters. The number of fused-ring (bicyclic) bond motifs is 1. The highest BCUT2D eigenvalue weighted by molar-refractivity contribution is 5.76. The zero-order valence-electron chi connectivity index (χ0n) is 17.7. The topological polar surface area (TPSA) is 77.8 Å². The van der Waals surface area contributed by atoms with Crippen molar-refractivity contribution in [1.82, 2.24) is 19.9 Å². The van der Waals surface area contributed by atoms with E-state index in [2.05, 4.69) is 5.32 Å². The van der Waals surface area contributed by atoms with Gasteiger partial charge in [-0.25, -0.2) is 9.50 Å². The van der Waals surface area contributed by atoms with Crippen LogP contribution in [0.25, 0.3) is 16.9 Å². The molecule has 0 bridgehead atoms. The summed E-state index contributed by atoms with van der Waals surface area (Å²) in [6.45, 7) is 6.75. The van der Waals surface area contributed by atoms with E-state index in [-0.39, 0.29) is 5.91 Å². The molecule has 0 aliphatic heterocycles. The lowest BCUT2D eigenvalue weighted by atomic mass is 10.1. The van der Waals surface area contributed by atoms with E-state index in [1.807, 2.05) is 49.6 Å². The van der Waals surface area contributed by atoms with Crippen molar-refractivity contribution in [3.63, 3.8) is 0 Å². The highest BCUT2D eigenvalue weighted by Crippen LogP contribution is 2.33. The molecule has 1 aromatic carbocycles. The third kappa shape index (κ3) is 4.34. The lowest BCUT2D eigenvalue weighted by molar-refractivity contribution is -0.121. The average Bonchev–Trinajstić information content (AvgIpc) is 3.15. The van der Waals surface area contributed by atoms with Crippen LogP contribution >= 0.6 is 0 Å². The summed E-state index contributed by atoms with van der Waals surface area (Å²) in [6.07, 6.45) is 2.01. The van der Waals surface area contributed by atoms with Gasteiger partial charge in [0.2, 0.25) is 5.91 Å². The highest BCUT2D eigenvalue weighted by Gasteiger charge is 2.16. The number of nitrogens with one attached hydrogen (secondary N) is 1. The van der Waals surface area contributed by atoms with Crippen LogP contribution in [0.3, 0.4) is 0 Å². The van der Waals surface area contributed by atoms with Crippen LogP contribution in [0.2, 0.25) is 0 Å². The molecule has 1 N–H and O–H groups in total. The molecule has 1 amide bonds. The normalized spacial score (nSPS) is 10.9. The lowest BCUT2D eigenvalue weighted by Crippen LogP contribution is -2.24. The van der Waals surface area contributed by atoms with E-state index in [9.17, 15) is 4.79 Å². The molecule has 0 saturated heterocycles. The molecular formula is C22H28N4O3. The van der Waals surface area contributed by atoms with E-state index in [4.69, 9.17) is 19.6 Å². The highest BCUT2D eigenvalue weighted by atomic mass is 16.5. The van der Waals surface area contributed by atoms with Gasteiger partial charge >= 0.3 is 0 Å². The van der Waals surface area contributed by atoms with Crippen molar-refractivity contribution >= 4 is 11.6 Å². The summed E-state index contributed by atoms with van der Waals surface area (Å²) in [5.74, 6) is 1.48. The number of carbonyl (C=O) groups is 1. The molecule has 0 unspecified atom stereocenters. The predicted octanol–water partition coefficient (Wildman–Crippen LogP) is 3.49. The zero-order chi connectivity index (χ0) is 21.0. The Kier molecular flexibility index (Phi) is 6.36. The molecule has 0 aliphatic carbocycles. The Bertz CT molecular complexity index is 1030. The zero-order valence-corrected chi connectivity index (χ0v) is 17.7. The lowest BCUT2D eigenvalue weighted by Gasteiger charge is -2.11. The molecule has 0 saturated carbocycles. The van der Waals surface area contributed by atoms with Crippen molar-refractivity contribution in [3.8, 4) is 22.8 Å². The quantitative estimate of drug-likeness (QED) is 0.631. The number of methoxy groups -OCH3 is 2. The van der Waals surface area contributed by atoms with Crippen molar-refractivity contribution < 1.29 is 14.3 Å². The second-order valence-corrected chi connectivity index (χ2v) is 6.98. The number of hydrogen-bond donors (Lipinski definition) is 1. The smallest absolute Gasteiger partial charge is 0.220 e. The molecule has 2 heterocycles. The molecule has 154 valence electrons. The van der Waals surface area contributed by atoms with Gasteiger partial charge in [-0.15, -0.1) is 0 Å². The fraction of sp³-hybridized carbons (Fsp3) is 0.409. The monoisotopic (exact) mass is 396 g/mol. The van der Waals surface area contributed by atoms with Gasteiger partial charge in [-0.2, -0.15) is 5.10 Å². The summed E-state index contributed by atoms with van der Waals surface area (Å²) >= 11 is 0. The first-order chi connectivity index (χ1) is 14.0. The van der Waals surface area contributed by atoms with Gasteiger partial charge in [0.25, 0.3) is 0 Å². The van der Waals surface area contributed by atoms with Crippen molar-refractivity contribution in [2.45, 2.75) is 40.0 Å². The van der Waals surface area contributed by atoms with Crippen LogP contribution in [0, 0.1) is 13.8 Å². The van der Waals surface area contributed by atoms with Gasteiger partial charge in [0.15, 0.2) is 5.65 Å². The number of aromatic nitrogens is 3. The SMILES string of the molecule is CCCNC(=O)CCc1c(C)nc2cc(-c3ccc(OC)cc3OC)nn2c1C. The Morgan fingerprint density at radius 1 is 1.17 bits per heavy atom. The number of benzene rings is 1. The van der Waals surface area contributed by atoms with Gasteiger partial charge < -0.3 is 14.8 Å². The van der Waals surface area contributed by atoms with Crippen LogP contribution in [0.1, 0.15) is 36.7 Å². The number of aryl methyl sites for hydroxylation is 2. The number of amides is 1. The third-order valence-corrected chi connectivity index (χ3v) is 5.02. The molecule has 0 spiro atoms. The minimum atomic E-state index is 0.0647. The molecule has 7 heteroatoms. The van der Waals surface area contributed by atoms with Crippen molar-refractivity contribution in [2.24, 2.45) is 0 Å². The Labute approximate surface area is 171 Å². The Morgan fingerprint density at radius 2 is 1.97 bits per heavy atom. The Morgan fingerprint density at radius 3 is 2.66 bits per heavy atom. The summed E-state index contributed by atoms with van der Waals surface area (Å²) in [5.41, 5.74) is 5.39. The van der Waals surface area contributed by atoms with E-state index in [1.165, 1.54) is 0 Å². The van der Waals surface area contributed by atoms with Crippen LogP contribution in [0.5, 0.6) is 11.5 Å². The van der Waals surface area contributed by atoms with Gasteiger partial charge in [0.1, 0.15) is 11.5 Å². The first-order valence-corrected chi connectivity index (χ1v) is 9.83. The number of nitrogens with zero attached hydrogens (tertiary/aromatic N) is 3. The number of hydrogen-bond acceptors (Lipinski definition) is 5. The summed E-state index contributed by atoms with van der Waals surface area (Å²) in [6, 6.07) is 7.60. The maximum Gasteiger partial charge on any atom is 0.220 e. The van der Waals surface area contributed by atoms with Crippen LogP contribution in [0.4, 0.5) is 0 Å². The van der Waals surface area contributed by atoms with Gasteiger partial charge in [-0.3, -0.25) is 4.79 Å². The molecular weight excluding hydrogens is 368 g/mol. The summed E-state index contributed by atoms with van der Waals surface area (Å²) < 4.78 is 12.6. The van der Waals surface area contributed by atoms with Crippen LogP contribution in [-0.2, 0) is 11.2 Å². The molecule has 29 heavy (non-hydrogen) atoms. The molecule has 3 rings (SSSR count). The minimum Gasteiger partial charge on any atom is -0.497 e. The van der Waals surface area contributed by atoms with Crippen molar-refractivity contribution in [2.75, 3.05) is 20.8 Å². The Hall–Kier alpha value is -3.09. The molecule has 0 fully saturated rings. The van der Waals surface area contributed by atoms with E-state index < -0.39 is 0 Å². The van der Waals surface area contributed by atoms with Gasteiger partial charge in [0.05, 0.1) is 19.9 Å². The minimum absolute atomic E-state index is 0.0647. The number of rotatable bonds is 8. The fourth-order valence-electron chi connectivity index (χ4n) is 3.42. The molecule has 0 aliphatic rings. The average molecular weight is 396 g/mol. The number of ether oxygens (including phenoxy) is 2. The summed E-state index contributed by atoms with van der Waals surface area (Å²) in [4.78, 5) is 16.7. The maximum atomic E-state index is 12.0. The van der Waals surface area contributed by atoms with E-state index in [1.54, 1.807) is 14.2 Å². The molecule has 7 nitrogen and oxygen atoms in total. The number of carbonyl (C=O) groups excluding carboxylic acids is 1. The van der Waals surface area contributed by atoms with Gasteiger partial charge in [0, 0.05) is 42.0 Å². The second kappa shape index (κ2) is 8.94. The van der Waals surface area contributed by atoms with Crippen LogP contribution in [0.15, 0.2) is 24.3 Å². The van der Waals surface area contributed by atoms with Gasteiger partial charge in [-0.1, -0.05) is 6.92 Å². The van der Waals surface area contributed by atoms with Crippen LogP contribution < -0.4 is 14.8 Å². The summed E-state index contributed by atoms with van der Waals surface area (Å²) in [5, 5.41) is 7.68.